The number of aliphatic carboxylic acids is 1. The van der Waals surface area contributed by atoms with E-state index < -0.39 is 14.0 Å². The van der Waals surface area contributed by atoms with Crippen LogP contribution >= 0.6 is 0 Å². The average molecular weight is 335 g/mol. The van der Waals surface area contributed by atoms with Crippen molar-refractivity contribution in [2.24, 2.45) is 5.92 Å². The lowest BCUT2D eigenvalue weighted by atomic mass is 10.0. The standard InChI is InChI=1S/C20H34O2Si/c1-5-6-7-8-9-13-16-19(17(2)20(21)22)23(3,4)18-14-11-10-12-15-18/h10-12,14-15,17,19H,5-9,13,16H2,1-4H3,(H,21,22)/t17-,19-/m0/s1. The monoisotopic (exact) mass is 334 g/mol. The number of rotatable bonds is 11. The second kappa shape index (κ2) is 9.92. The topological polar surface area (TPSA) is 37.3 Å². The molecule has 1 aromatic rings. The number of benzene rings is 1. The molecular weight excluding hydrogens is 300 g/mol. The van der Waals surface area contributed by atoms with Crippen LogP contribution in [0.4, 0.5) is 0 Å². The molecule has 3 heteroatoms. The van der Waals surface area contributed by atoms with E-state index in [1.54, 1.807) is 0 Å². The Labute approximate surface area is 143 Å². The predicted octanol–water partition coefficient (Wildman–Crippen LogP) is 5.44. The highest BCUT2D eigenvalue weighted by atomic mass is 28.3. The minimum atomic E-state index is -1.79. The summed E-state index contributed by atoms with van der Waals surface area (Å²) in [6, 6.07) is 10.6. The maximum Gasteiger partial charge on any atom is 0.306 e. The first-order chi connectivity index (χ1) is 10.9. The van der Waals surface area contributed by atoms with Crippen LogP contribution in [-0.2, 0) is 4.79 Å². The Morgan fingerprint density at radius 1 is 1.04 bits per heavy atom. The van der Waals surface area contributed by atoms with Gasteiger partial charge in [-0.3, -0.25) is 4.79 Å². The second-order valence-electron chi connectivity index (χ2n) is 7.38. The molecule has 0 aliphatic heterocycles. The molecule has 23 heavy (non-hydrogen) atoms. The lowest BCUT2D eigenvalue weighted by molar-refractivity contribution is -0.141. The lowest BCUT2D eigenvalue weighted by Gasteiger charge is -2.36. The fraction of sp³-hybridized carbons (Fsp3) is 0.650. The molecule has 0 bridgehead atoms. The predicted molar refractivity (Wildman–Crippen MR) is 102 cm³/mol. The summed E-state index contributed by atoms with van der Waals surface area (Å²) in [6.07, 6.45) is 8.64. The molecule has 0 aliphatic rings. The summed E-state index contributed by atoms with van der Waals surface area (Å²) in [6.45, 7) is 8.81. The van der Waals surface area contributed by atoms with Crippen molar-refractivity contribution in [3.63, 3.8) is 0 Å². The van der Waals surface area contributed by atoms with Gasteiger partial charge in [0.15, 0.2) is 0 Å². The first-order valence-electron chi connectivity index (χ1n) is 9.19. The highest BCUT2D eigenvalue weighted by molar-refractivity contribution is 6.91. The molecule has 2 atom stereocenters. The SMILES string of the molecule is CCCCCCCC[C@@H]([C@H](C)C(=O)O)[Si](C)(C)c1ccccc1. The van der Waals surface area contributed by atoms with Crippen LogP contribution in [0.25, 0.3) is 0 Å². The van der Waals surface area contributed by atoms with Crippen LogP contribution in [0.5, 0.6) is 0 Å². The van der Waals surface area contributed by atoms with Crippen LogP contribution < -0.4 is 5.19 Å². The molecule has 0 saturated heterocycles. The van der Waals surface area contributed by atoms with Crippen molar-refractivity contribution in [1.29, 1.82) is 0 Å². The molecule has 0 radical (unpaired) electrons. The summed E-state index contributed by atoms with van der Waals surface area (Å²) in [5.41, 5.74) is 0.300. The third-order valence-electron chi connectivity index (χ3n) is 5.31. The molecule has 130 valence electrons. The number of carboxylic acids is 1. The molecule has 1 rings (SSSR count). The quantitative estimate of drug-likeness (QED) is 0.432. The molecule has 1 N–H and O–H groups in total. The largest absolute Gasteiger partial charge is 0.481 e. The van der Waals surface area contributed by atoms with Crippen molar-refractivity contribution in [1.82, 2.24) is 0 Å². The highest BCUT2D eigenvalue weighted by Crippen LogP contribution is 2.35. The van der Waals surface area contributed by atoms with Gasteiger partial charge in [-0.1, -0.05) is 107 Å². The van der Waals surface area contributed by atoms with E-state index in [-0.39, 0.29) is 5.92 Å². The molecule has 0 heterocycles. The van der Waals surface area contributed by atoms with Crippen molar-refractivity contribution in [2.45, 2.75) is 77.4 Å². The van der Waals surface area contributed by atoms with Crippen molar-refractivity contribution in [3.8, 4) is 0 Å². The van der Waals surface area contributed by atoms with Crippen LogP contribution in [0.2, 0.25) is 18.6 Å². The highest BCUT2D eigenvalue weighted by Gasteiger charge is 2.39. The summed E-state index contributed by atoms with van der Waals surface area (Å²) in [5.74, 6) is -0.898. The summed E-state index contributed by atoms with van der Waals surface area (Å²) in [7, 11) is -1.79. The van der Waals surface area contributed by atoms with Crippen molar-refractivity contribution >= 4 is 19.2 Å². The first kappa shape index (κ1) is 20.0. The van der Waals surface area contributed by atoms with Gasteiger partial charge in [0.25, 0.3) is 0 Å². The summed E-state index contributed by atoms with van der Waals surface area (Å²) in [5, 5.41) is 10.9. The number of hydrogen-bond donors (Lipinski definition) is 1. The molecule has 1 aromatic carbocycles. The Morgan fingerprint density at radius 2 is 1.61 bits per heavy atom. The van der Waals surface area contributed by atoms with E-state index in [1.807, 2.05) is 13.0 Å². The molecule has 0 fully saturated rings. The van der Waals surface area contributed by atoms with Crippen molar-refractivity contribution in [3.05, 3.63) is 30.3 Å². The maximum absolute atomic E-state index is 11.6. The van der Waals surface area contributed by atoms with E-state index in [0.717, 1.165) is 12.8 Å². The Morgan fingerprint density at radius 3 is 2.17 bits per heavy atom. The number of carboxylic acid groups (broad SMARTS) is 1. The van der Waals surface area contributed by atoms with Gasteiger partial charge < -0.3 is 5.11 Å². The van der Waals surface area contributed by atoms with Gasteiger partial charge in [0, 0.05) is 0 Å². The van der Waals surface area contributed by atoms with Crippen LogP contribution in [0, 0.1) is 5.92 Å². The molecule has 0 spiro atoms. The first-order valence-corrected chi connectivity index (χ1v) is 12.3. The zero-order valence-electron chi connectivity index (χ0n) is 15.3. The Balaban J connectivity index is 2.74. The minimum Gasteiger partial charge on any atom is -0.481 e. The Kier molecular flexibility index (Phi) is 8.60. The molecule has 0 aromatic heterocycles. The summed E-state index contributed by atoms with van der Waals surface area (Å²) >= 11 is 0. The second-order valence-corrected chi connectivity index (χ2v) is 12.1. The third kappa shape index (κ3) is 6.13. The van der Waals surface area contributed by atoms with E-state index in [1.165, 1.54) is 37.3 Å². The van der Waals surface area contributed by atoms with Gasteiger partial charge in [0.05, 0.1) is 14.0 Å². The van der Waals surface area contributed by atoms with Gasteiger partial charge in [-0.05, 0) is 5.54 Å². The van der Waals surface area contributed by atoms with E-state index in [2.05, 4.69) is 44.3 Å². The van der Waals surface area contributed by atoms with Crippen molar-refractivity contribution in [2.75, 3.05) is 0 Å². The van der Waals surface area contributed by atoms with Gasteiger partial charge in [0.1, 0.15) is 0 Å². The summed E-state index contributed by atoms with van der Waals surface area (Å²) < 4.78 is 0. The fourth-order valence-corrected chi connectivity index (χ4v) is 7.43. The lowest BCUT2D eigenvalue weighted by Crippen LogP contribution is -2.49. The van der Waals surface area contributed by atoms with Crippen LogP contribution in [0.3, 0.4) is 0 Å². The Bertz CT molecular complexity index is 456. The van der Waals surface area contributed by atoms with E-state index in [4.69, 9.17) is 0 Å². The zero-order valence-corrected chi connectivity index (χ0v) is 16.3. The van der Waals surface area contributed by atoms with E-state index in [9.17, 15) is 9.90 Å². The number of hydrogen-bond acceptors (Lipinski definition) is 1. The minimum absolute atomic E-state index is 0.257. The molecule has 0 amide bonds. The molecule has 0 unspecified atom stereocenters. The Hall–Kier alpha value is -1.09. The number of unbranched alkanes of at least 4 members (excludes halogenated alkanes) is 5. The van der Waals surface area contributed by atoms with Crippen molar-refractivity contribution < 1.29 is 9.90 Å². The van der Waals surface area contributed by atoms with E-state index in [0.29, 0.717) is 5.54 Å². The molecular formula is C20H34O2Si. The van der Waals surface area contributed by atoms with Gasteiger partial charge in [0.2, 0.25) is 0 Å². The van der Waals surface area contributed by atoms with Gasteiger partial charge >= 0.3 is 5.97 Å². The summed E-state index contributed by atoms with van der Waals surface area (Å²) in [4.78, 5) is 11.6. The van der Waals surface area contributed by atoms with Gasteiger partial charge in [-0.25, -0.2) is 0 Å². The van der Waals surface area contributed by atoms with Gasteiger partial charge in [-0.15, -0.1) is 0 Å². The fourth-order valence-electron chi connectivity index (χ4n) is 3.63. The normalized spacial score (nSPS) is 14.4. The maximum atomic E-state index is 11.6. The van der Waals surface area contributed by atoms with E-state index >= 15 is 0 Å². The molecule has 0 saturated carbocycles. The van der Waals surface area contributed by atoms with Crippen LogP contribution in [0.15, 0.2) is 30.3 Å². The smallest absolute Gasteiger partial charge is 0.306 e. The third-order valence-corrected chi connectivity index (χ3v) is 9.77. The van der Waals surface area contributed by atoms with Crippen LogP contribution in [-0.4, -0.2) is 19.1 Å². The average Bonchev–Trinajstić information content (AvgIpc) is 2.54. The van der Waals surface area contributed by atoms with Gasteiger partial charge in [-0.2, -0.15) is 0 Å². The van der Waals surface area contributed by atoms with Crippen LogP contribution in [0.1, 0.15) is 58.8 Å². The molecule has 0 aliphatic carbocycles. The zero-order chi connectivity index (χ0) is 17.3. The molecule has 2 nitrogen and oxygen atoms in total. The number of carbonyl (C=O) groups is 1.